The molecule has 5 nitrogen and oxygen atoms in total. The van der Waals surface area contributed by atoms with Gasteiger partial charge in [0, 0.05) is 24.0 Å². The number of hydrogen-bond donors (Lipinski definition) is 3. The molecule has 1 aliphatic heterocycles. The summed E-state index contributed by atoms with van der Waals surface area (Å²) in [6, 6.07) is 0. The number of carbonyl (C=O) groups excluding carboxylic acids is 1. The number of carbonyl (C=O) groups is 2. The third-order valence-corrected chi connectivity index (χ3v) is 6.78. The summed E-state index contributed by atoms with van der Waals surface area (Å²) in [5, 5.41) is 12.9. The van der Waals surface area contributed by atoms with E-state index in [4.69, 9.17) is 5.73 Å². The van der Waals surface area contributed by atoms with E-state index in [1.54, 1.807) is 6.92 Å². The molecule has 1 saturated heterocycles. The molecule has 0 aromatic rings. The van der Waals surface area contributed by atoms with Gasteiger partial charge >= 0.3 is 5.97 Å². The maximum absolute atomic E-state index is 12.0. The van der Waals surface area contributed by atoms with Crippen molar-refractivity contribution in [3.05, 3.63) is 0 Å². The van der Waals surface area contributed by atoms with Crippen molar-refractivity contribution in [1.82, 2.24) is 5.32 Å². The van der Waals surface area contributed by atoms with Crippen LogP contribution in [0.5, 0.6) is 0 Å². The van der Waals surface area contributed by atoms with Gasteiger partial charge in [-0.25, -0.2) is 0 Å². The molecule has 21 heavy (non-hydrogen) atoms. The SMILES string of the molecule is CC(=O)C12CCC(N)(C1)C(CC(C)(C(=O)O)C1CNC1)C2. The number of hydrogen-bond acceptors (Lipinski definition) is 4. The first kappa shape index (κ1) is 15.0. The molecule has 5 heteroatoms. The fourth-order valence-corrected chi connectivity index (χ4v) is 4.88. The lowest BCUT2D eigenvalue weighted by Crippen LogP contribution is -2.56. The van der Waals surface area contributed by atoms with Gasteiger partial charge in [-0.15, -0.1) is 0 Å². The summed E-state index contributed by atoms with van der Waals surface area (Å²) < 4.78 is 0. The van der Waals surface area contributed by atoms with Gasteiger partial charge in [-0.1, -0.05) is 0 Å². The minimum absolute atomic E-state index is 0.150. The van der Waals surface area contributed by atoms with Crippen LogP contribution in [0.15, 0.2) is 0 Å². The summed E-state index contributed by atoms with van der Waals surface area (Å²) >= 11 is 0. The molecular formula is C16H26N2O3. The molecule has 2 saturated carbocycles. The van der Waals surface area contributed by atoms with Gasteiger partial charge in [0.15, 0.2) is 0 Å². The Morgan fingerprint density at radius 1 is 1.38 bits per heavy atom. The Balaban J connectivity index is 1.82. The summed E-state index contributed by atoms with van der Waals surface area (Å²) in [5.74, 6) is -0.167. The van der Waals surface area contributed by atoms with Gasteiger partial charge in [-0.05, 0) is 57.8 Å². The number of ketones is 1. The zero-order valence-electron chi connectivity index (χ0n) is 12.9. The quantitative estimate of drug-likeness (QED) is 0.707. The monoisotopic (exact) mass is 294 g/mol. The number of nitrogens with one attached hydrogen (secondary N) is 1. The summed E-state index contributed by atoms with van der Waals surface area (Å²) in [6.07, 6.45) is 3.86. The molecule has 4 unspecified atom stereocenters. The second-order valence-corrected chi connectivity index (χ2v) is 7.93. The van der Waals surface area contributed by atoms with Crippen LogP contribution in [-0.4, -0.2) is 35.5 Å². The maximum atomic E-state index is 12.0. The fraction of sp³-hybridized carbons (Fsp3) is 0.875. The van der Waals surface area contributed by atoms with Gasteiger partial charge in [0.05, 0.1) is 5.41 Å². The highest BCUT2D eigenvalue weighted by Gasteiger charge is 2.62. The van der Waals surface area contributed by atoms with Gasteiger partial charge in [-0.2, -0.15) is 0 Å². The fourth-order valence-electron chi connectivity index (χ4n) is 4.88. The van der Waals surface area contributed by atoms with Gasteiger partial charge in [0.25, 0.3) is 0 Å². The molecule has 0 amide bonds. The number of rotatable bonds is 5. The number of nitrogens with two attached hydrogens (primary N) is 1. The van der Waals surface area contributed by atoms with E-state index in [0.717, 1.165) is 38.8 Å². The number of fused-ring (bicyclic) bond motifs is 2. The first-order valence-electron chi connectivity index (χ1n) is 7.96. The average Bonchev–Trinajstić information content (AvgIpc) is 2.78. The van der Waals surface area contributed by atoms with Crippen LogP contribution in [0.25, 0.3) is 0 Å². The Hall–Kier alpha value is -0.940. The van der Waals surface area contributed by atoms with E-state index >= 15 is 0 Å². The van der Waals surface area contributed by atoms with E-state index < -0.39 is 11.4 Å². The van der Waals surface area contributed by atoms with Crippen LogP contribution in [0, 0.1) is 22.7 Å². The molecule has 4 N–H and O–H groups in total. The van der Waals surface area contributed by atoms with Crippen molar-refractivity contribution in [3.63, 3.8) is 0 Å². The van der Waals surface area contributed by atoms with Crippen LogP contribution >= 0.6 is 0 Å². The summed E-state index contributed by atoms with van der Waals surface area (Å²) in [6.45, 7) is 5.06. The van der Waals surface area contributed by atoms with Gasteiger partial charge < -0.3 is 16.2 Å². The van der Waals surface area contributed by atoms with Crippen LogP contribution < -0.4 is 11.1 Å². The number of Topliss-reactive ketones (excluding diaryl/α,β-unsaturated/α-hetero) is 1. The standard InChI is InChI=1S/C16H26N2O3/c1-10(19)15-3-4-16(17,9-15)11(6-15)5-14(2,13(20)21)12-7-18-8-12/h11-12,18H,3-9,17H2,1-2H3,(H,20,21). The van der Waals surface area contributed by atoms with E-state index in [1.807, 2.05) is 6.92 Å². The van der Waals surface area contributed by atoms with E-state index in [0.29, 0.717) is 6.42 Å². The van der Waals surface area contributed by atoms with E-state index in [-0.39, 0.29) is 28.6 Å². The third-order valence-electron chi connectivity index (χ3n) is 6.78. The Labute approximate surface area is 125 Å². The summed E-state index contributed by atoms with van der Waals surface area (Å²) in [4.78, 5) is 23.9. The van der Waals surface area contributed by atoms with E-state index in [1.165, 1.54) is 0 Å². The minimum Gasteiger partial charge on any atom is -0.481 e. The normalized spacial score (nSPS) is 41.6. The predicted molar refractivity (Wildman–Crippen MR) is 78.7 cm³/mol. The van der Waals surface area contributed by atoms with Crippen molar-refractivity contribution >= 4 is 11.8 Å². The highest BCUT2D eigenvalue weighted by Crippen LogP contribution is 2.61. The Bertz CT molecular complexity index is 490. The topological polar surface area (TPSA) is 92.4 Å². The summed E-state index contributed by atoms with van der Waals surface area (Å²) in [5.41, 5.74) is 5.24. The second kappa shape index (κ2) is 4.53. The van der Waals surface area contributed by atoms with Gasteiger partial charge in [0.1, 0.15) is 5.78 Å². The molecule has 2 bridgehead atoms. The average molecular weight is 294 g/mol. The van der Waals surface area contributed by atoms with Crippen molar-refractivity contribution in [1.29, 1.82) is 0 Å². The number of aliphatic carboxylic acids is 1. The Morgan fingerprint density at radius 3 is 2.48 bits per heavy atom. The number of carboxylic acids is 1. The molecule has 0 aromatic carbocycles. The smallest absolute Gasteiger partial charge is 0.309 e. The largest absolute Gasteiger partial charge is 0.481 e. The molecule has 0 aromatic heterocycles. The minimum atomic E-state index is -0.731. The molecule has 3 fully saturated rings. The van der Waals surface area contributed by atoms with Crippen molar-refractivity contribution in [3.8, 4) is 0 Å². The van der Waals surface area contributed by atoms with Crippen molar-refractivity contribution in [2.45, 2.75) is 51.5 Å². The molecule has 118 valence electrons. The number of carboxylic acid groups (broad SMARTS) is 1. The zero-order valence-corrected chi connectivity index (χ0v) is 12.9. The van der Waals surface area contributed by atoms with Crippen molar-refractivity contribution in [2.24, 2.45) is 28.4 Å². The molecule has 0 radical (unpaired) electrons. The molecule has 2 aliphatic carbocycles. The lowest BCUT2D eigenvalue weighted by atomic mass is 9.64. The molecule has 3 aliphatic rings. The molecule has 0 spiro atoms. The van der Waals surface area contributed by atoms with Crippen LogP contribution in [-0.2, 0) is 9.59 Å². The lowest BCUT2D eigenvalue weighted by Gasteiger charge is -2.44. The highest BCUT2D eigenvalue weighted by atomic mass is 16.4. The first-order chi connectivity index (χ1) is 9.72. The van der Waals surface area contributed by atoms with Gasteiger partial charge in [0.2, 0.25) is 0 Å². The molecular weight excluding hydrogens is 268 g/mol. The van der Waals surface area contributed by atoms with Crippen molar-refractivity contribution < 1.29 is 14.7 Å². The van der Waals surface area contributed by atoms with E-state index in [2.05, 4.69) is 5.32 Å². The summed E-state index contributed by atoms with van der Waals surface area (Å²) in [7, 11) is 0. The maximum Gasteiger partial charge on any atom is 0.309 e. The van der Waals surface area contributed by atoms with Crippen LogP contribution in [0.3, 0.4) is 0 Å². The van der Waals surface area contributed by atoms with Gasteiger partial charge in [-0.3, -0.25) is 9.59 Å². The predicted octanol–water partition coefficient (Wildman–Crippen LogP) is 1.16. The second-order valence-electron chi connectivity index (χ2n) is 7.93. The highest BCUT2D eigenvalue weighted by molar-refractivity contribution is 5.83. The Morgan fingerprint density at radius 2 is 2.05 bits per heavy atom. The molecule has 4 atom stereocenters. The zero-order chi connectivity index (χ0) is 15.5. The molecule has 1 heterocycles. The van der Waals surface area contributed by atoms with Crippen molar-refractivity contribution in [2.75, 3.05) is 13.1 Å². The lowest BCUT2D eigenvalue weighted by molar-refractivity contribution is -0.154. The van der Waals surface area contributed by atoms with Crippen LogP contribution in [0.1, 0.15) is 46.0 Å². The Kier molecular flexibility index (Phi) is 3.23. The van der Waals surface area contributed by atoms with E-state index in [9.17, 15) is 14.7 Å². The molecule has 3 rings (SSSR count). The first-order valence-corrected chi connectivity index (χ1v) is 7.96. The van der Waals surface area contributed by atoms with Crippen LogP contribution in [0.4, 0.5) is 0 Å². The third kappa shape index (κ3) is 2.05. The van der Waals surface area contributed by atoms with Crippen LogP contribution in [0.2, 0.25) is 0 Å².